The number of likely N-dealkylation sites (tertiary alicyclic amines) is 1. The van der Waals surface area contributed by atoms with Gasteiger partial charge < -0.3 is 19.5 Å². The van der Waals surface area contributed by atoms with E-state index in [1.54, 1.807) is 18.2 Å². The van der Waals surface area contributed by atoms with Crippen LogP contribution in [0, 0.1) is 0 Å². The summed E-state index contributed by atoms with van der Waals surface area (Å²) in [4.78, 5) is 14.9. The van der Waals surface area contributed by atoms with Gasteiger partial charge in [-0.3, -0.25) is 9.69 Å². The molecule has 4 rings (SSSR count). The van der Waals surface area contributed by atoms with Crippen molar-refractivity contribution in [2.45, 2.75) is 31.3 Å². The van der Waals surface area contributed by atoms with Gasteiger partial charge in [-0.1, -0.05) is 0 Å². The van der Waals surface area contributed by atoms with Crippen molar-refractivity contribution in [2.75, 3.05) is 33.1 Å². The van der Waals surface area contributed by atoms with E-state index in [-0.39, 0.29) is 18.7 Å². The molecule has 1 unspecified atom stereocenters. The largest absolute Gasteiger partial charge is 0.454 e. The summed E-state index contributed by atoms with van der Waals surface area (Å²) in [6.07, 6.45) is 3.21. The summed E-state index contributed by atoms with van der Waals surface area (Å²) in [5, 5.41) is 3.15. The summed E-state index contributed by atoms with van der Waals surface area (Å²) < 4.78 is 16.0. The van der Waals surface area contributed by atoms with Crippen LogP contribution in [-0.4, -0.2) is 56.0 Å². The average molecular weight is 318 g/mol. The first-order valence-corrected chi connectivity index (χ1v) is 8.32. The number of carbonyl (C=O) groups is 1. The van der Waals surface area contributed by atoms with E-state index in [1.165, 1.54) is 0 Å². The molecular formula is C17H22N2O4. The van der Waals surface area contributed by atoms with Gasteiger partial charge in [0.25, 0.3) is 5.91 Å². The first kappa shape index (κ1) is 14.8. The molecule has 0 radical (unpaired) electrons. The Kier molecular flexibility index (Phi) is 4.10. The van der Waals surface area contributed by atoms with Gasteiger partial charge in [0.2, 0.25) is 6.79 Å². The number of nitrogens with zero attached hydrogens (tertiary/aromatic N) is 1. The van der Waals surface area contributed by atoms with Crippen LogP contribution in [0.25, 0.3) is 0 Å². The van der Waals surface area contributed by atoms with Crippen molar-refractivity contribution >= 4 is 5.91 Å². The molecule has 124 valence electrons. The van der Waals surface area contributed by atoms with E-state index in [4.69, 9.17) is 14.2 Å². The highest BCUT2D eigenvalue weighted by Gasteiger charge is 2.30. The molecule has 3 aliphatic rings. The molecule has 1 aromatic rings. The molecule has 0 aromatic heterocycles. The molecule has 2 fully saturated rings. The fourth-order valence-electron chi connectivity index (χ4n) is 3.59. The van der Waals surface area contributed by atoms with Crippen molar-refractivity contribution in [3.63, 3.8) is 0 Å². The quantitative estimate of drug-likeness (QED) is 0.913. The average Bonchev–Trinajstić information content (AvgIpc) is 3.24. The van der Waals surface area contributed by atoms with Crippen LogP contribution in [-0.2, 0) is 4.74 Å². The maximum absolute atomic E-state index is 12.4. The van der Waals surface area contributed by atoms with Crippen molar-refractivity contribution < 1.29 is 19.0 Å². The lowest BCUT2D eigenvalue weighted by molar-refractivity contribution is 0.0415. The molecule has 3 heterocycles. The Morgan fingerprint density at radius 2 is 1.96 bits per heavy atom. The van der Waals surface area contributed by atoms with Crippen LogP contribution in [0.2, 0.25) is 0 Å². The number of benzene rings is 1. The molecule has 0 bridgehead atoms. The van der Waals surface area contributed by atoms with Crippen molar-refractivity contribution in [1.29, 1.82) is 0 Å². The van der Waals surface area contributed by atoms with Crippen LogP contribution in [0.1, 0.15) is 29.6 Å². The lowest BCUT2D eigenvalue weighted by atomic mass is 10.1. The summed E-state index contributed by atoms with van der Waals surface area (Å²) in [5.41, 5.74) is 0.624. The molecule has 1 atom stereocenters. The van der Waals surface area contributed by atoms with Crippen LogP contribution in [0.5, 0.6) is 11.5 Å². The molecule has 1 N–H and O–H groups in total. The minimum absolute atomic E-state index is 0.0397. The minimum Gasteiger partial charge on any atom is -0.454 e. The van der Waals surface area contributed by atoms with Gasteiger partial charge in [0.05, 0.1) is 0 Å². The Morgan fingerprint density at radius 3 is 2.83 bits per heavy atom. The van der Waals surface area contributed by atoms with Crippen molar-refractivity contribution in [1.82, 2.24) is 10.2 Å². The van der Waals surface area contributed by atoms with E-state index in [1.807, 2.05) is 0 Å². The number of ether oxygens (including phenoxy) is 3. The van der Waals surface area contributed by atoms with Gasteiger partial charge in [-0.15, -0.1) is 0 Å². The molecule has 2 saturated heterocycles. The first-order valence-electron chi connectivity index (χ1n) is 8.32. The molecule has 1 amide bonds. The number of hydrogen-bond acceptors (Lipinski definition) is 5. The van der Waals surface area contributed by atoms with Crippen LogP contribution < -0.4 is 14.8 Å². The van der Waals surface area contributed by atoms with Gasteiger partial charge in [0.15, 0.2) is 11.5 Å². The molecule has 6 nitrogen and oxygen atoms in total. The van der Waals surface area contributed by atoms with E-state index in [0.29, 0.717) is 23.1 Å². The fourth-order valence-corrected chi connectivity index (χ4v) is 3.59. The third kappa shape index (κ3) is 3.14. The zero-order valence-electron chi connectivity index (χ0n) is 13.1. The molecule has 6 heteroatoms. The first-order chi connectivity index (χ1) is 11.3. The Bertz CT molecular complexity index is 586. The Hall–Kier alpha value is -1.79. The molecule has 1 aromatic carbocycles. The van der Waals surface area contributed by atoms with E-state index in [9.17, 15) is 4.79 Å². The molecule has 0 saturated carbocycles. The number of amides is 1. The predicted octanol–water partition coefficient (Wildman–Crippen LogP) is 1.40. The second-order valence-electron chi connectivity index (χ2n) is 6.37. The van der Waals surface area contributed by atoms with Crippen LogP contribution in [0.15, 0.2) is 18.2 Å². The second-order valence-corrected chi connectivity index (χ2v) is 6.37. The van der Waals surface area contributed by atoms with E-state index < -0.39 is 0 Å². The van der Waals surface area contributed by atoms with E-state index >= 15 is 0 Å². The maximum Gasteiger partial charge on any atom is 0.251 e. The Morgan fingerprint density at radius 1 is 1.13 bits per heavy atom. The standard InChI is InChI=1S/C17H22N2O4/c20-17(12-1-2-15-16(9-12)23-11-22-15)18-13-3-6-19(10-13)14-4-7-21-8-5-14/h1-2,9,13-14H,3-8,10-11H2,(H,18,20). The van der Waals surface area contributed by atoms with Crippen molar-refractivity contribution in [2.24, 2.45) is 0 Å². The molecule has 0 aliphatic carbocycles. The van der Waals surface area contributed by atoms with Crippen LogP contribution in [0.4, 0.5) is 0 Å². The highest BCUT2D eigenvalue weighted by Crippen LogP contribution is 2.32. The fraction of sp³-hybridized carbons (Fsp3) is 0.588. The second kappa shape index (κ2) is 6.37. The monoisotopic (exact) mass is 318 g/mol. The smallest absolute Gasteiger partial charge is 0.251 e. The van der Waals surface area contributed by atoms with Gasteiger partial charge in [-0.05, 0) is 37.5 Å². The molecular weight excluding hydrogens is 296 g/mol. The number of rotatable bonds is 3. The third-order valence-electron chi connectivity index (χ3n) is 4.90. The van der Waals surface area contributed by atoms with Gasteiger partial charge in [-0.25, -0.2) is 0 Å². The zero-order chi connectivity index (χ0) is 15.6. The molecule has 0 spiro atoms. The summed E-state index contributed by atoms with van der Waals surface area (Å²) in [6, 6.07) is 6.16. The lowest BCUT2D eigenvalue weighted by Crippen LogP contribution is -2.41. The SMILES string of the molecule is O=C(NC1CCN(C2CCOCC2)C1)c1ccc2c(c1)OCO2. The van der Waals surface area contributed by atoms with Gasteiger partial charge in [-0.2, -0.15) is 0 Å². The number of carbonyl (C=O) groups excluding carboxylic acids is 1. The van der Waals surface area contributed by atoms with Crippen molar-refractivity contribution in [3.8, 4) is 11.5 Å². The van der Waals surface area contributed by atoms with Crippen LogP contribution in [0.3, 0.4) is 0 Å². The third-order valence-corrected chi connectivity index (χ3v) is 4.90. The van der Waals surface area contributed by atoms with Gasteiger partial charge in [0, 0.05) is 44.0 Å². The summed E-state index contributed by atoms with van der Waals surface area (Å²) in [6.45, 7) is 3.92. The van der Waals surface area contributed by atoms with E-state index in [2.05, 4.69) is 10.2 Å². The summed E-state index contributed by atoms with van der Waals surface area (Å²) in [5.74, 6) is 1.31. The van der Waals surface area contributed by atoms with Gasteiger partial charge >= 0.3 is 0 Å². The van der Waals surface area contributed by atoms with E-state index in [0.717, 1.165) is 45.6 Å². The van der Waals surface area contributed by atoms with Crippen LogP contribution >= 0.6 is 0 Å². The number of fused-ring (bicyclic) bond motifs is 1. The molecule has 23 heavy (non-hydrogen) atoms. The maximum atomic E-state index is 12.4. The lowest BCUT2D eigenvalue weighted by Gasteiger charge is -2.31. The zero-order valence-corrected chi connectivity index (χ0v) is 13.1. The topological polar surface area (TPSA) is 60.0 Å². The van der Waals surface area contributed by atoms with Gasteiger partial charge in [0.1, 0.15) is 0 Å². The molecule has 3 aliphatic heterocycles. The number of hydrogen-bond donors (Lipinski definition) is 1. The van der Waals surface area contributed by atoms with Crippen molar-refractivity contribution in [3.05, 3.63) is 23.8 Å². The number of nitrogens with one attached hydrogen (secondary N) is 1. The predicted molar refractivity (Wildman–Crippen MR) is 83.9 cm³/mol. The Balaban J connectivity index is 1.34. The summed E-state index contributed by atoms with van der Waals surface area (Å²) in [7, 11) is 0. The highest BCUT2D eigenvalue weighted by atomic mass is 16.7. The minimum atomic E-state index is -0.0397. The Labute approximate surface area is 135 Å². The highest BCUT2D eigenvalue weighted by molar-refractivity contribution is 5.95. The normalized spacial score (nSPS) is 24.8. The summed E-state index contributed by atoms with van der Waals surface area (Å²) >= 11 is 0.